The molecule has 5 aromatic carbocycles. The minimum atomic E-state index is 0.703. The zero-order chi connectivity index (χ0) is 26.2. The highest BCUT2D eigenvalue weighted by atomic mass is 15.0. The molecule has 7 aromatic rings. The number of hydrogen-bond acceptors (Lipinski definition) is 2. The number of fused-ring (bicyclic) bond motifs is 3. The summed E-state index contributed by atoms with van der Waals surface area (Å²) >= 11 is 0. The van der Waals surface area contributed by atoms with Crippen LogP contribution in [0.3, 0.4) is 0 Å². The lowest BCUT2D eigenvalue weighted by Crippen LogP contribution is -1.98. The van der Waals surface area contributed by atoms with Crippen LogP contribution >= 0.6 is 0 Å². The maximum absolute atomic E-state index is 5.05. The van der Waals surface area contributed by atoms with Crippen molar-refractivity contribution in [1.82, 2.24) is 14.5 Å². The van der Waals surface area contributed by atoms with E-state index in [-0.39, 0.29) is 0 Å². The van der Waals surface area contributed by atoms with Crippen molar-refractivity contribution in [2.45, 2.75) is 0 Å². The molecule has 2 heterocycles. The van der Waals surface area contributed by atoms with Gasteiger partial charge in [0.05, 0.1) is 22.4 Å². The molecule has 0 aliphatic heterocycles. The lowest BCUT2D eigenvalue weighted by Gasteiger charge is -2.12. The molecule has 0 spiro atoms. The van der Waals surface area contributed by atoms with E-state index >= 15 is 0 Å². The van der Waals surface area contributed by atoms with Crippen LogP contribution in [0.25, 0.3) is 67.5 Å². The van der Waals surface area contributed by atoms with Crippen LogP contribution in [0.1, 0.15) is 5.56 Å². The molecular formula is C36H25N3. The Kier molecular flexibility index (Phi) is 5.60. The lowest BCUT2D eigenvalue weighted by atomic mass is 10.0. The van der Waals surface area contributed by atoms with Crippen molar-refractivity contribution >= 4 is 27.9 Å². The molecule has 0 unspecified atom stereocenters. The van der Waals surface area contributed by atoms with E-state index in [4.69, 9.17) is 9.97 Å². The summed E-state index contributed by atoms with van der Waals surface area (Å²) in [6, 6.07) is 46.3. The molecule has 2 aromatic heterocycles. The second-order valence-corrected chi connectivity index (χ2v) is 9.58. The van der Waals surface area contributed by atoms with Crippen LogP contribution in [0.15, 0.2) is 140 Å². The molecule has 3 nitrogen and oxygen atoms in total. The third-order valence-corrected chi connectivity index (χ3v) is 7.16. The standard InChI is InChI=1S/C36H25N3/c1-2-25-12-10-15-27(22-25)32-24-33(38-36(37-32)26-13-4-3-5-14-26)28-16-11-17-29(23-28)39-34-20-8-6-18-30(34)31-19-7-9-21-35(31)39/h2-24H,1H2. The highest BCUT2D eigenvalue weighted by molar-refractivity contribution is 6.09. The van der Waals surface area contributed by atoms with E-state index in [1.165, 1.54) is 21.8 Å². The second-order valence-electron chi connectivity index (χ2n) is 9.58. The van der Waals surface area contributed by atoms with Crippen LogP contribution in [0.2, 0.25) is 0 Å². The van der Waals surface area contributed by atoms with Gasteiger partial charge in [0, 0.05) is 33.2 Å². The van der Waals surface area contributed by atoms with Gasteiger partial charge < -0.3 is 4.57 Å². The SMILES string of the molecule is C=Cc1cccc(-c2cc(-c3cccc(-n4c5ccccc5c5ccccc54)c3)nc(-c3ccccc3)n2)c1. The van der Waals surface area contributed by atoms with Gasteiger partial charge in [0.1, 0.15) is 0 Å². The zero-order valence-electron chi connectivity index (χ0n) is 21.3. The smallest absolute Gasteiger partial charge is 0.160 e. The van der Waals surface area contributed by atoms with Gasteiger partial charge in [-0.25, -0.2) is 9.97 Å². The Balaban J connectivity index is 1.43. The predicted octanol–water partition coefficient (Wildman–Crippen LogP) is 9.22. The predicted molar refractivity (Wildman–Crippen MR) is 163 cm³/mol. The first kappa shape index (κ1) is 22.9. The molecule has 3 heteroatoms. The van der Waals surface area contributed by atoms with E-state index in [2.05, 4.69) is 114 Å². The number of rotatable bonds is 5. The highest BCUT2D eigenvalue weighted by Gasteiger charge is 2.14. The topological polar surface area (TPSA) is 30.7 Å². The first-order valence-electron chi connectivity index (χ1n) is 13.0. The molecule has 0 atom stereocenters. The fourth-order valence-corrected chi connectivity index (χ4v) is 5.29. The molecule has 0 aliphatic carbocycles. The van der Waals surface area contributed by atoms with Crippen molar-refractivity contribution in [2.24, 2.45) is 0 Å². The van der Waals surface area contributed by atoms with Gasteiger partial charge in [-0.2, -0.15) is 0 Å². The Morgan fingerprint density at radius 1 is 0.513 bits per heavy atom. The Hall–Kier alpha value is -5.28. The summed E-state index contributed by atoms with van der Waals surface area (Å²) in [5.74, 6) is 0.703. The molecule has 0 aliphatic rings. The van der Waals surface area contributed by atoms with Crippen LogP contribution in [0.4, 0.5) is 0 Å². The van der Waals surface area contributed by atoms with Gasteiger partial charge in [0.25, 0.3) is 0 Å². The first-order valence-corrected chi connectivity index (χ1v) is 13.0. The molecule has 0 radical (unpaired) electrons. The fourth-order valence-electron chi connectivity index (χ4n) is 5.29. The van der Waals surface area contributed by atoms with Crippen LogP contribution in [-0.4, -0.2) is 14.5 Å². The van der Waals surface area contributed by atoms with E-state index in [0.29, 0.717) is 5.82 Å². The van der Waals surface area contributed by atoms with Gasteiger partial charge in [0.2, 0.25) is 0 Å². The van der Waals surface area contributed by atoms with Crippen molar-refractivity contribution in [2.75, 3.05) is 0 Å². The number of nitrogens with zero attached hydrogens (tertiary/aromatic N) is 3. The van der Waals surface area contributed by atoms with Crippen LogP contribution in [0.5, 0.6) is 0 Å². The largest absolute Gasteiger partial charge is 0.309 e. The van der Waals surface area contributed by atoms with Gasteiger partial charge in [-0.15, -0.1) is 0 Å². The van der Waals surface area contributed by atoms with Crippen molar-refractivity contribution < 1.29 is 0 Å². The van der Waals surface area contributed by atoms with Gasteiger partial charge >= 0.3 is 0 Å². The second kappa shape index (κ2) is 9.55. The summed E-state index contributed by atoms with van der Waals surface area (Å²) in [4.78, 5) is 10.0. The maximum atomic E-state index is 5.05. The van der Waals surface area contributed by atoms with Crippen molar-refractivity contribution in [1.29, 1.82) is 0 Å². The molecule has 0 N–H and O–H groups in total. The number of para-hydroxylation sites is 2. The lowest BCUT2D eigenvalue weighted by molar-refractivity contribution is 1.16. The third-order valence-electron chi connectivity index (χ3n) is 7.16. The third kappa shape index (κ3) is 4.11. The summed E-state index contributed by atoms with van der Waals surface area (Å²) < 4.78 is 2.34. The van der Waals surface area contributed by atoms with Crippen molar-refractivity contribution in [3.8, 4) is 39.6 Å². The van der Waals surface area contributed by atoms with Gasteiger partial charge in [-0.05, 0) is 42.0 Å². The number of aromatic nitrogens is 3. The number of benzene rings is 5. The zero-order valence-corrected chi connectivity index (χ0v) is 21.3. The van der Waals surface area contributed by atoms with Crippen molar-refractivity contribution in [3.63, 3.8) is 0 Å². The molecule has 0 fully saturated rings. The summed E-state index contributed by atoms with van der Waals surface area (Å²) in [5.41, 5.74) is 9.34. The van der Waals surface area contributed by atoms with E-state index in [1.807, 2.05) is 36.4 Å². The molecule has 0 saturated carbocycles. The summed E-state index contributed by atoms with van der Waals surface area (Å²) in [7, 11) is 0. The quantitative estimate of drug-likeness (QED) is 0.236. The molecule has 7 rings (SSSR count). The fraction of sp³-hybridized carbons (Fsp3) is 0. The Morgan fingerprint density at radius 3 is 1.74 bits per heavy atom. The highest BCUT2D eigenvalue weighted by Crippen LogP contribution is 2.34. The van der Waals surface area contributed by atoms with Crippen LogP contribution < -0.4 is 0 Å². The molecule has 0 bridgehead atoms. The van der Waals surface area contributed by atoms with E-state index < -0.39 is 0 Å². The van der Waals surface area contributed by atoms with E-state index in [9.17, 15) is 0 Å². The Morgan fingerprint density at radius 2 is 1.08 bits per heavy atom. The molecule has 39 heavy (non-hydrogen) atoms. The van der Waals surface area contributed by atoms with Crippen LogP contribution in [-0.2, 0) is 0 Å². The normalized spacial score (nSPS) is 11.2. The van der Waals surface area contributed by atoms with Gasteiger partial charge in [-0.1, -0.05) is 110 Å². The molecular weight excluding hydrogens is 474 g/mol. The Bertz CT molecular complexity index is 1930. The van der Waals surface area contributed by atoms with E-state index in [0.717, 1.165) is 39.3 Å². The maximum Gasteiger partial charge on any atom is 0.160 e. The molecule has 184 valence electrons. The van der Waals surface area contributed by atoms with Gasteiger partial charge in [0.15, 0.2) is 5.82 Å². The average Bonchev–Trinajstić information content (AvgIpc) is 3.36. The minimum absolute atomic E-state index is 0.703. The Labute approximate surface area is 227 Å². The molecule has 0 saturated heterocycles. The number of hydrogen-bond donors (Lipinski definition) is 0. The minimum Gasteiger partial charge on any atom is -0.309 e. The summed E-state index contributed by atoms with van der Waals surface area (Å²) in [6.07, 6.45) is 1.86. The van der Waals surface area contributed by atoms with Crippen molar-refractivity contribution in [3.05, 3.63) is 146 Å². The average molecular weight is 500 g/mol. The van der Waals surface area contributed by atoms with E-state index in [1.54, 1.807) is 0 Å². The molecule has 0 amide bonds. The summed E-state index contributed by atoms with van der Waals surface area (Å²) in [6.45, 7) is 3.94. The summed E-state index contributed by atoms with van der Waals surface area (Å²) in [5, 5.41) is 2.49. The van der Waals surface area contributed by atoms with Gasteiger partial charge in [-0.3, -0.25) is 0 Å². The first-order chi connectivity index (χ1) is 19.3. The monoisotopic (exact) mass is 499 g/mol. The van der Waals surface area contributed by atoms with Crippen LogP contribution in [0, 0.1) is 0 Å².